The molecule has 24 heavy (non-hydrogen) atoms. The number of amides is 2. The highest BCUT2D eigenvalue weighted by atomic mass is 16.5. The summed E-state index contributed by atoms with van der Waals surface area (Å²) in [5.41, 5.74) is 0.998. The largest absolute Gasteiger partial charge is 0.497 e. The normalized spacial score (nSPS) is 17.2. The van der Waals surface area contributed by atoms with E-state index in [1.807, 2.05) is 24.3 Å². The van der Waals surface area contributed by atoms with Gasteiger partial charge in [-0.1, -0.05) is 17.3 Å². The summed E-state index contributed by atoms with van der Waals surface area (Å²) in [6.07, 6.45) is 0.207. The van der Waals surface area contributed by atoms with Crippen LogP contribution in [0.5, 0.6) is 5.75 Å². The molecule has 3 rings (SSSR count). The first-order chi connectivity index (χ1) is 11.5. The number of nitrogens with zero attached hydrogens (tertiary/aromatic N) is 2. The summed E-state index contributed by atoms with van der Waals surface area (Å²) in [5, 5.41) is 6.42. The first-order valence-corrected chi connectivity index (χ1v) is 7.70. The Hall–Kier alpha value is -2.83. The van der Waals surface area contributed by atoms with E-state index in [4.69, 9.17) is 9.26 Å². The minimum atomic E-state index is -0.382. The third-order valence-corrected chi connectivity index (χ3v) is 4.00. The lowest BCUT2D eigenvalue weighted by molar-refractivity contribution is -0.128. The van der Waals surface area contributed by atoms with Crippen LogP contribution in [0.1, 0.15) is 17.7 Å². The van der Waals surface area contributed by atoms with Gasteiger partial charge >= 0.3 is 0 Å². The molecule has 0 aliphatic carbocycles. The van der Waals surface area contributed by atoms with Gasteiger partial charge in [0.05, 0.1) is 13.0 Å². The van der Waals surface area contributed by atoms with Crippen LogP contribution in [0.3, 0.4) is 0 Å². The Morgan fingerprint density at radius 1 is 1.42 bits per heavy atom. The number of carbonyl (C=O) groups excluding carboxylic acids is 2. The Labute approximate surface area is 139 Å². The highest BCUT2D eigenvalue weighted by Crippen LogP contribution is 2.22. The molecule has 0 radical (unpaired) electrons. The number of methoxy groups -OCH3 is 1. The van der Waals surface area contributed by atoms with E-state index in [0.717, 1.165) is 11.3 Å². The number of nitrogens with one attached hydrogen (secondary N) is 1. The molecule has 7 nitrogen and oxygen atoms in total. The average Bonchev–Trinajstić information content (AvgIpc) is 3.14. The lowest BCUT2D eigenvalue weighted by Crippen LogP contribution is -2.28. The van der Waals surface area contributed by atoms with Gasteiger partial charge in [-0.2, -0.15) is 0 Å². The Kier molecular flexibility index (Phi) is 4.50. The minimum Gasteiger partial charge on any atom is -0.497 e. The third-order valence-electron chi connectivity index (χ3n) is 4.00. The predicted molar refractivity (Wildman–Crippen MR) is 86.4 cm³/mol. The molecule has 1 fully saturated rings. The van der Waals surface area contributed by atoms with Crippen LogP contribution in [0.2, 0.25) is 0 Å². The number of likely N-dealkylation sites (tertiary alicyclic amines) is 1. The van der Waals surface area contributed by atoms with Crippen LogP contribution >= 0.6 is 0 Å². The molecule has 1 aromatic heterocycles. The molecule has 7 heteroatoms. The van der Waals surface area contributed by atoms with Crippen LogP contribution in [0.15, 0.2) is 34.9 Å². The molecule has 1 aliphatic heterocycles. The lowest BCUT2D eigenvalue weighted by Gasteiger charge is -2.16. The van der Waals surface area contributed by atoms with E-state index in [2.05, 4.69) is 10.5 Å². The van der Waals surface area contributed by atoms with E-state index in [-0.39, 0.29) is 24.2 Å². The lowest BCUT2D eigenvalue weighted by atomic mass is 10.1. The van der Waals surface area contributed by atoms with Crippen molar-refractivity contribution in [2.24, 2.45) is 5.92 Å². The molecule has 0 saturated carbocycles. The van der Waals surface area contributed by atoms with Crippen molar-refractivity contribution in [1.82, 2.24) is 10.1 Å². The fourth-order valence-corrected chi connectivity index (χ4v) is 2.71. The van der Waals surface area contributed by atoms with Crippen molar-refractivity contribution in [3.63, 3.8) is 0 Å². The van der Waals surface area contributed by atoms with Gasteiger partial charge in [0.15, 0.2) is 5.82 Å². The molecular weight excluding hydrogens is 310 g/mol. The summed E-state index contributed by atoms with van der Waals surface area (Å²) in [4.78, 5) is 26.1. The molecule has 0 bridgehead atoms. The second-order valence-electron chi connectivity index (χ2n) is 5.84. The molecule has 1 saturated heterocycles. The molecule has 0 unspecified atom stereocenters. The maximum absolute atomic E-state index is 12.3. The van der Waals surface area contributed by atoms with Crippen molar-refractivity contribution in [3.05, 3.63) is 41.7 Å². The number of aromatic nitrogens is 1. The van der Waals surface area contributed by atoms with Crippen molar-refractivity contribution in [2.75, 3.05) is 19.0 Å². The molecule has 2 aromatic rings. The average molecular weight is 329 g/mol. The SMILES string of the molecule is COc1ccc(CN2C[C@@H](C(=O)Nc3cc(C)on3)CC2=O)cc1. The van der Waals surface area contributed by atoms with Crippen molar-refractivity contribution in [1.29, 1.82) is 0 Å². The third kappa shape index (κ3) is 3.56. The topological polar surface area (TPSA) is 84.7 Å². The van der Waals surface area contributed by atoms with Crippen LogP contribution in [0, 0.1) is 12.8 Å². The van der Waals surface area contributed by atoms with Gasteiger partial charge in [-0.25, -0.2) is 0 Å². The number of hydrogen-bond acceptors (Lipinski definition) is 5. The van der Waals surface area contributed by atoms with E-state index in [0.29, 0.717) is 24.7 Å². The maximum Gasteiger partial charge on any atom is 0.231 e. The van der Waals surface area contributed by atoms with Crippen LogP contribution in [0.25, 0.3) is 0 Å². The standard InChI is InChI=1S/C17H19N3O4/c1-11-7-15(19-24-11)18-17(22)13-8-16(21)20(10-13)9-12-3-5-14(23-2)6-4-12/h3-7,13H,8-10H2,1-2H3,(H,18,19,22)/t13-/m0/s1. The molecule has 126 valence electrons. The van der Waals surface area contributed by atoms with Gasteiger partial charge in [0.2, 0.25) is 11.8 Å². The van der Waals surface area contributed by atoms with E-state index in [1.54, 1.807) is 25.0 Å². The summed E-state index contributed by atoms with van der Waals surface area (Å²) >= 11 is 0. The van der Waals surface area contributed by atoms with Gasteiger partial charge < -0.3 is 19.5 Å². The zero-order valence-corrected chi connectivity index (χ0v) is 13.6. The second kappa shape index (κ2) is 6.74. The molecule has 2 heterocycles. The van der Waals surface area contributed by atoms with Gasteiger partial charge in [-0.3, -0.25) is 9.59 Å². The molecule has 0 spiro atoms. The highest BCUT2D eigenvalue weighted by molar-refractivity contribution is 5.96. The zero-order chi connectivity index (χ0) is 17.1. The predicted octanol–water partition coefficient (Wildman–Crippen LogP) is 1.98. The summed E-state index contributed by atoms with van der Waals surface area (Å²) < 4.78 is 10.0. The van der Waals surface area contributed by atoms with Crippen molar-refractivity contribution >= 4 is 17.6 Å². The van der Waals surface area contributed by atoms with E-state index in [9.17, 15) is 9.59 Å². The fraction of sp³-hybridized carbons (Fsp3) is 0.353. The first kappa shape index (κ1) is 16.0. The van der Waals surface area contributed by atoms with Crippen LogP contribution in [-0.4, -0.2) is 35.5 Å². The zero-order valence-electron chi connectivity index (χ0n) is 13.6. The number of benzene rings is 1. The van der Waals surface area contributed by atoms with Gasteiger partial charge in [-0.15, -0.1) is 0 Å². The highest BCUT2D eigenvalue weighted by Gasteiger charge is 2.34. The molecule has 2 amide bonds. The van der Waals surface area contributed by atoms with Crippen molar-refractivity contribution < 1.29 is 18.8 Å². The summed E-state index contributed by atoms with van der Waals surface area (Å²) in [7, 11) is 1.61. The quantitative estimate of drug-likeness (QED) is 0.906. The molecule has 1 atom stereocenters. The second-order valence-corrected chi connectivity index (χ2v) is 5.84. The summed E-state index contributed by atoms with van der Waals surface area (Å²) in [5.74, 6) is 1.14. The summed E-state index contributed by atoms with van der Waals surface area (Å²) in [6.45, 7) is 2.63. The number of aryl methyl sites for hydroxylation is 1. The van der Waals surface area contributed by atoms with Gasteiger partial charge in [0, 0.05) is 25.6 Å². The van der Waals surface area contributed by atoms with Crippen molar-refractivity contribution in [3.8, 4) is 5.75 Å². The number of carbonyl (C=O) groups is 2. The molecule has 1 N–H and O–H groups in total. The number of anilines is 1. The minimum absolute atomic E-state index is 0.0256. The number of hydrogen-bond donors (Lipinski definition) is 1. The Bertz CT molecular complexity index is 739. The number of rotatable bonds is 5. The van der Waals surface area contributed by atoms with Crippen molar-refractivity contribution in [2.45, 2.75) is 19.9 Å². The van der Waals surface area contributed by atoms with Crippen LogP contribution in [-0.2, 0) is 16.1 Å². The van der Waals surface area contributed by atoms with E-state index in [1.165, 1.54) is 0 Å². The van der Waals surface area contributed by atoms with E-state index >= 15 is 0 Å². The Morgan fingerprint density at radius 3 is 2.79 bits per heavy atom. The number of ether oxygens (including phenoxy) is 1. The molecule has 1 aromatic carbocycles. The Balaban J connectivity index is 1.59. The molecule has 1 aliphatic rings. The first-order valence-electron chi connectivity index (χ1n) is 7.70. The fourth-order valence-electron chi connectivity index (χ4n) is 2.71. The van der Waals surface area contributed by atoms with Gasteiger partial charge in [-0.05, 0) is 24.6 Å². The molecular formula is C17H19N3O4. The van der Waals surface area contributed by atoms with Gasteiger partial charge in [0.25, 0.3) is 0 Å². The van der Waals surface area contributed by atoms with Crippen LogP contribution in [0.4, 0.5) is 5.82 Å². The maximum atomic E-state index is 12.3. The van der Waals surface area contributed by atoms with Gasteiger partial charge in [0.1, 0.15) is 11.5 Å². The van der Waals surface area contributed by atoms with Crippen LogP contribution < -0.4 is 10.1 Å². The monoisotopic (exact) mass is 329 g/mol. The Morgan fingerprint density at radius 2 is 2.17 bits per heavy atom. The smallest absolute Gasteiger partial charge is 0.231 e. The van der Waals surface area contributed by atoms with E-state index < -0.39 is 0 Å². The summed E-state index contributed by atoms with van der Waals surface area (Å²) in [6, 6.07) is 9.18.